The van der Waals surface area contributed by atoms with Crippen LogP contribution in [0.3, 0.4) is 0 Å². The molecule has 1 atom stereocenters. The van der Waals surface area contributed by atoms with Crippen LogP contribution in [-0.4, -0.2) is 30.1 Å². The molecule has 0 aliphatic carbocycles. The molecule has 0 aliphatic heterocycles. The van der Waals surface area contributed by atoms with Crippen molar-refractivity contribution in [1.82, 2.24) is 9.97 Å². The highest BCUT2D eigenvalue weighted by Crippen LogP contribution is 2.30. The Kier molecular flexibility index (Phi) is 6.06. The minimum absolute atomic E-state index is 0.407. The van der Waals surface area contributed by atoms with E-state index in [0.717, 1.165) is 24.7 Å². The quantitative estimate of drug-likeness (QED) is 0.818. The minimum atomic E-state index is 0.407. The first-order valence-electron chi connectivity index (χ1n) is 7.31. The van der Waals surface area contributed by atoms with Gasteiger partial charge in [0.25, 0.3) is 0 Å². The third-order valence-electron chi connectivity index (χ3n) is 3.43. The fraction of sp³-hybridized carbons (Fsp3) is 0.733. The van der Waals surface area contributed by atoms with Crippen molar-refractivity contribution in [2.24, 2.45) is 5.92 Å². The second-order valence-electron chi connectivity index (χ2n) is 5.54. The summed E-state index contributed by atoms with van der Waals surface area (Å²) in [4.78, 5) is 11.1. The van der Waals surface area contributed by atoms with Gasteiger partial charge in [-0.3, -0.25) is 0 Å². The molecule has 1 heterocycles. The fourth-order valence-electron chi connectivity index (χ4n) is 2.21. The predicted molar refractivity (Wildman–Crippen MR) is 83.0 cm³/mol. The van der Waals surface area contributed by atoms with Gasteiger partial charge in [-0.05, 0) is 18.8 Å². The summed E-state index contributed by atoms with van der Waals surface area (Å²) in [5.74, 6) is 3.10. The van der Waals surface area contributed by atoms with Crippen LogP contribution in [0.1, 0.15) is 52.5 Å². The number of rotatable bonds is 7. The van der Waals surface area contributed by atoms with Gasteiger partial charge in [-0.15, -0.1) is 0 Å². The zero-order chi connectivity index (χ0) is 14.4. The van der Waals surface area contributed by atoms with E-state index in [-0.39, 0.29) is 0 Å². The van der Waals surface area contributed by atoms with E-state index in [2.05, 4.69) is 61.9 Å². The Morgan fingerprint density at radius 2 is 1.89 bits per heavy atom. The van der Waals surface area contributed by atoms with Gasteiger partial charge in [0.2, 0.25) is 0 Å². The second-order valence-corrected chi connectivity index (χ2v) is 5.54. The maximum absolute atomic E-state index is 4.50. The highest BCUT2D eigenvalue weighted by Gasteiger charge is 2.18. The lowest BCUT2D eigenvalue weighted by Gasteiger charge is -2.26. The molecular formula is C15H28N4. The predicted octanol–water partition coefficient (Wildman–Crippen LogP) is 3.51. The standard InChI is InChI=1S/C15H28N4/c1-7-12(5)9-19(6)15-13(11(3)4)14(16-8-2)17-10-18-15/h10-12H,7-9H2,1-6H3,(H,16,17,18). The van der Waals surface area contributed by atoms with E-state index in [1.165, 1.54) is 12.0 Å². The molecule has 0 bridgehead atoms. The SMILES string of the molecule is CCNc1ncnc(N(C)CC(C)CC)c1C(C)C. The smallest absolute Gasteiger partial charge is 0.137 e. The molecule has 1 unspecified atom stereocenters. The largest absolute Gasteiger partial charge is 0.370 e. The van der Waals surface area contributed by atoms with Crippen LogP contribution in [0.5, 0.6) is 0 Å². The van der Waals surface area contributed by atoms with E-state index in [1.54, 1.807) is 6.33 Å². The first-order chi connectivity index (χ1) is 9.01. The number of nitrogens with one attached hydrogen (secondary N) is 1. The average molecular weight is 264 g/mol. The Morgan fingerprint density at radius 3 is 2.42 bits per heavy atom. The summed E-state index contributed by atoms with van der Waals surface area (Å²) in [6, 6.07) is 0. The number of anilines is 2. The molecule has 4 heteroatoms. The highest BCUT2D eigenvalue weighted by molar-refractivity contribution is 5.60. The van der Waals surface area contributed by atoms with Crippen LogP contribution in [0.25, 0.3) is 0 Å². The van der Waals surface area contributed by atoms with Gasteiger partial charge in [-0.2, -0.15) is 0 Å². The topological polar surface area (TPSA) is 41.1 Å². The van der Waals surface area contributed by atoms with E-state index in [1.807, 2.05) is 0 Å². The summed E-state index contributed by atoms with van der Waals surface area (Å²) in [6.45, 7) is 12.9. The Labute approximate surface area is 117 Å². The van der Waals surface area contributed by atoms with Crippen LogP contribution in [0, 0.1) is 5.92 Å². The molecule has 0 saturated carbocycles. The van der Waals surface area contributed by atoms with Crippen LogP contribution < -0.4 is 10.2 Å². The van der Waals surface area contributed by atoms with Gasteiger partial charge < -0.3 is 10.2 Å². The van der Waals surface area contributed by atoms with Crippen LogP contribution in [0.4, 0.5) is 11.6 Å². The lowest BCUT2D eigenvalue weighted by Crippen LogP contribution is -2.26. The maximum Gasteiger partial charge on any atom is 0.137 e. The van der Waals surface area contributed by atoms with Gasteiger partial charge in [0, 0.05) is 25.7 Å². The minimum Gasteiger partial charge on any atom is -0.370 e. The van der Waals surface area contributed by atoms with Gasteiger partial charge in [-0.25, -0.2) is 9.97 Å². The molecule has 108 valence electrons. The molecule has 1 aromatic heterocycles. The molecule has 1 N–H and O–H groups in total. The van der Waals surface area contributed by atoms with Crippen molar-refractivity contribution in [3.63, 3.8) is 0 Å². The van der Waals surface area contributed by atoms with Crippen molar-refractivity contribution in [2.45, 2.75) is 47.0 Å². The van der Waals surface area contributed by atoms with Gasteiger partial charge in [0.1, 0.15) is 18.0 Å². The fourth-order valence-corrected chi connectivity index (χ4v) is 2.21. The van der Waals surface area contributed by atoms with E-state index >= 15 is 0 Å². The maximum atomic E-state index is 4.50. The number of nitrogens with zero attached hydrogens (tertiary/aromatic N) is 3. The number of hydrogen-bond donors (Lipinski definition) is 1. The second kappa shape index (κ2) is 7.31. The monoisotopic (exact) mass is 264 g/mol. The Bertz CT molecular complexity index is 390. The summed E-state index contributed by atoms with van der Waals surface area (Å²) in [5.41, 5.74) is 1.22. The zero-order valence-electron chi connectivity index (χ0n) is 13.2. The Hall–Kier alpha value is -1.32. The molecule has 19 heavy (non-hydrogen) atoms. The molecule has 0 fully saturated rings. The first-order valence-corrected chi connectivity index (χ1v) is 7.31. The molecule has 1 aromatic rings. The van der Waals surface area contributed by atoms with E-state index in [9.17, 15) is 0 Å². The van der Waals surface area contributed by atoms with Gasteiger partial charge >= 0.3 is 0 Å². The van der Waals surface area contributed by atoms with Crippen LogP contribution >= 0.6 is 0 Å². The van der Waals surface area contributed by atoms with Crippen molar-refractivity contribution in [3.05, 3.63) is 11.9 Å². The van der Waals surface area contributed by atoms with Crippen molar-refractivity contribution in [3.8, 4) is 0 Å². The average Bonchev–Trinajstić information content (AvgIpc) is 2.38. The zero-order valence-corrected chi connectivity index (χ0v) is 13.2. The van der Waals surface area contributed by atoms with Crippen LogP contribution in [0.15, 0.2) is 6.33 Å². The van der Waals surface area contributed by atoms with Gasteiger partial charge in [0.05, 0.1) is 0 Å². The lowest BCUT2D eigenvalue weighted by molar-refractivity contribution is 0.556. The van der Waals surface area contributed by atoms with Crippen molar-refractivity contribution in [2.75, 3.05) is 30.4 Å². The van der Waals surface area contributed by atoms with E-state index < -0.39 is 0 Å². The molecule has 0 radical (unpaired) electrons. The summed E-state index contributed by atoms with van der Waals surface area (Å²) < 4.78 is 0. The third kappa shape index (κ3) is 4.08. The molecular weight excluding hydrogens is 236 g/mol. The molecule has 4 nitrogen and oxygen atoms in total. The molecule has 0 aliphatic rings. The van der Waals surface area contributed by atoms with Crippen molar-refractivity contribution < 1.29 is 0 Å². The lowest BCUT2D eigenvalue weighted by atomic mass is 10.0. The Balaban J connectivity index is 3.08. The van der Waals surface area contributed by atoms with E-state index in [4.69, 9.17) is 0 Å². The van der Waals surface area contributed by atoms with Crippen molar-refractivity contribution in [1.29, 1.82) is 0 Å². The summed E-state index contributed by atoms with van der Waals surface area (Å²) in [6.07, 6.45) is 2.85. The summed E-state index contributed by atoms with van der Waals surface area (Å²) in [7, 11) is 2.12. The molecule has 0 amide bonds. The molecule has 0 saturated heterocycles. The van der Waals surface area contributed by atoms with Gasteiger partial charge in [0.15, 0.2) is 0 Å². The summed E-state index contributed by atoms with van der Waals surface area (Å²) >= 11 is 0. The number of aromatic nitrogens is 2. The number of hydrogen-bond acceptors (Lipinski definition) is 4. The van der Waals surface area contributed by atoms with E-state index in [0.29, 0.717) is 11.8 Å². The van der Waals surface area contributed by atoms with Crippen molar-refractivity contribution >= 4 is 11.6 Å². The normalized spacial score (nSPS) is 12.6. The van der Waals surface area contributed by atoms with Crippen LogP contribution in [-0.2, 0) is 0 Å². The molecule has 0 aromatic carbocycles. The highest BCUT2D eigenvalue weighted by atomic mass is 15.2. The first kappa shape index (κ1) is 15.7. The van der Waals surface area contributed by atoms with Gasteiger partial charge in [-0.1, -0.05) is 34.1 Å². The molecule has 0 spiro atoms. The summed E-state index contributed by atoms with van der Waals surface area (Å²) in [5, 5.41) is 3.34. The third-order valence-corrected chi connectivity index (χ3v) is 3.43. The Morgan fingerprint density at radius 1 is 1.21 bits per heavy atom. The van der Waals surface area contributed by atoms with Crippen LogP contribution in [0.2, 0.25) is 0 Å². The molecule has 1 rings (SSSR count).